The largest absolute Gasteiger partial charge is 0.502 e. The lowest BCUT2D eigenvalue weighted by molar-refractivity contribution is -0.137. The van der Waals surface area contributed by atoms with E-state index in [1.54, 1.807) is 0 Å². The molecule has 0 aliphatic heterocycles. The average molecular weight is 453 g/mol. The SMILES string of the molecule is C=COCCCNC(=O)C(CCC(=O)O)NC(=O)OCC1c2ccccc2-c2ccccc21. The predicted octanol–water partition coefficient (Wildman–Crippen LogP) is 3.42. The normalized spacial score (nSPS) is 12.7. The Morgan fingerprint density at radius 3 is 2.30 bits per heavy atom. The summed E-state index contributed by atoms with van der Waals surface area (Å²) in [6, 6.07) is 14.9. The molecule has 0 aromatic heterocycles. The van der Waals surface area contributed by atoms with Crippen LogP contribution in [0.4, 0.5) is 4.79 Å². The third-order valence-electron chi connectivity index (χ3n) is 5.46. The molecule has 8 nitrogen and oxygen atoms in total. The van der Waals surface area contributed by atoms with E-state index in [0.29, 0.717) is 19.6 Å². The van der Waals surface area contributed by atoms with E-state index in [2.05, 4.69) is 17.2 Å². The zero-order valence-electron chi connectivity index (χ0n) is 18.3. The Morgan fingerprint density at radius 2 is 1.70 bits per heavy atom. The Kier molecular flexibility index (Phi) is 8.46. The summed E-state index contributed by atoms with van der Waals surface area (Å²) in [6.07, 6.45) is 0.790. The number of carboxylic acids is 1. The number of aliphatic carboxylic acids is 1. The van der Waals surface area contributed by atoms with Crippen molar-refractivity contribution in [2.24, 2.45) is 0 Å². The third kappa shape index (κ3) is 6.35. The maximum Gasteiger partial charge on any atom is 0.407 e. The van der Waals surface area contributed by atoms with Crippen LogP contribution in [0, 0.1) is 0 Å². The van der Waals surface area contributed by atoms with Crippen molar-refractivity contribution in [1.29, 1.82) is 0 Å². The van der Waals surface area contributed by atoms with Gasteiger partial charge in [-0.3, -0.25) is 9.59 Å². The van der Waals surface area contributed by atoms with E-state index in [1.807, 2.05) is 48.5 Å². The van der Waals surface area contributed by atoms with Crippen LogP contribution >= 0.6 is 0 Å². The quantitative estimate of drug-likeness (QED) is 0.336. The van der Waals surface area contributed by atoms with Crippen molar-refractivity contribution in [3.63, 3.8) is 0 Å². The van der Waals surface area contributed by atoms with Gasteiger partial charge in [-0.15, -0.1) is 0 Å². The molecule has 2 amide bonds. The number of ether oxygens (including phenoxy) is 2. The van der Waals surface area contributed by atoms with Gasteiger partial charge in [-0.2, -0.15) is 0 Å². The molecule has 2 aromatic rings. The van der Waals surface area contributed by atoms with E-state index in [4.69, 9.17) is 14.6 Å². The van der Waals surface area contributed by atoms with E-state index in [1.165, 1.54) is 6.26 Å². The Labute approximate surface area is 192 Å². The van der Waals surface area contributed by atoms with Gasteiger partial charge in [-0.25, -0.2) is 4.79 Å². The summed E-state index contributed by atoms with van der Waals surface area (Å²) in [6.45, 7) is 4.26. The van der Waals surface area contributed by atoms with Crippen LogP contribution < -0.4 is 10.6 Å². The molecular weight excluding hydrogens is 424 g/mol. The fourth-order valence-electron chi connectivity index (χ4n) is 3.89. The first-order valence-electron chi connectivity index (χ1n) is 10.8. The first-order valence-corrected chi connectivity index (χ1v) is 10.8. The summed E-state index contributed by atoms with van der Waals surface area (Å²) in [7, 11) is 0. The second kappa shape index (κ2) is 11.7. The molecule has 0 spiro atoms. The number of carboxylic acid groups (broad SMARTS) is 1. The molecule has 1 unspecified atom stereocenters. The summed E-state index contributed by atoms with van der Waals surface area (Å²) < 4.78 is 10.5. The highest BCUT2D eigenvalue weighted by molar-refractivity contribution is 5.86. The number of benzene rings is 2. The molecule has 1 aliphatic rings. The molecule has 8 heteroatoms. The van der Waals surface area contributed by atoms with E-state index in [9.17, 15) is 14.4 Å². The monoisotopic (exact) mass is 452 g/mol. The van der Waals surface area contributed by atoms with Crippen LogP contribution in [0.5, 0.6) is 0 Å². The van der Waals surface area contributed by atoms with Crippen LogP contribution in [0.1, 0.15) is 36.3 Å². The molecule has 174 valence electrons. The van der Waals surface area contributed by atoms with E-state index >= 15 is 0 Å². The fourth-order valence-corrected chi connectivity index (χ4v) is 3.89. The number of hydrogen-bond donors (Lipinski definition) is 3. The van der Waals surface area contributed by atoms with Crippen LogP contribution in [0.25, 0.3) is 11.1 Å². The van der Waals surface area contributed by atoms with Crippen molar-refractivity contribution >= 4 is 18.0 Å². The number of carbonyl (C=O) groups is 3. The number of fused-ring (bicyclic) bond motifs is 3. The number of rotatable bonds is 12. The zero-order chi connectivity index (χ0) is 23.6. The van der Waals surface area contributed by atoms with E-state index < -0.39 is 24.0 Å². The Bertz CT molecular complexity index is 960. The van der Waals surface area contributed by atoms with Crippen molar-refractivity contribution < 1.29 is 29.0 Å². The summed E-state index contributed by atoms with van der Waals surface area (Å²) in [5.41, 5.74) is 4.38. The lowest BCUT2D eigenvalue weighted by Gasteiger charge is -2.19. The smallest absolute Gasteiger partial charge is 0.407 e. The van der Waals surface area contributed by atoms with Crippen molar-refractivity contribution in [3.05, 3.63) is 72.5 Å². The lowest BCUT2D eigenvalue weighted by atomic mass is 9.98. The maximum absolute atomic E-state index is 12.5. The standard InChI is InChI=1S/C25H28N2O6/c1-2-32-15-7-14-26-24(30)22(12-13-23(28)29)27-25(31)33-16-21-19-10-5-3-8-17(19)18-9-4-6-11-20(18)21/h2-6,8-11,21-22H,1,7,12-16H2,(H,26,30)(H,27,31)(H,28,29). The van der Waals surface area contributed by atoms with Gasteiger partial charge >= 0.3 is 12.1 Å². The molecule has 0 bridgehead atoms. The van der Waals surface area contributed by atoms with Gasteiger partial charge in [0.15, 0.2) is 0 Å². The minimum atomic E-state index is -1.05. The van der Waals surface area contributed by atoms with Gasteiger partial charge < -0.3 is 25.2 Å². The van der Waals surface area contributed by atoms with E-state index in [0.717, 1.165) is 22.3 Å². The topological polar surface area (TPSA) is 114 Å². The molecule has 0 radical (unpaired) electrons. The van der Waals surface area contributed by atoms with Gasteiger partial charge in [0.25, 0.3) is 0 Å². The predicted molar refractivity (Wildman–Crippen MR) is 123 cm³/mol. The number of hydrogen-bond acceptors (Lipinski definition) is 5. The molecule has 0 fully saturated rings. The molecule has 1 atom stereocenters. The highest BCUT2D eigenvalue weighted by Crippen LogP contribution is 2.44. The minimum Gasteiger partial charge on any atom is -0.502 e. The second-order valence-corrected chi connectivity index (χ2v) is 7.64. The molecule has 1 aliphatic carbocycles. The number of nitrogens with one attached hydrogen (secondary N) is 2. The Morgan fingerprint density at radius 1 is 1.06 bits per heavy atom. The van der Waals surface area contributed by atoms with Gasteiger partial charge in [-0.1, -0.05) is 55.1 Å². The third-order valence-corrected chi connectivity index (χ3v) is 5.46. The summed E-state index contributed by atoms with van der Waals surface area (Å²) in [5, 5.41) is 14.2. The van der Waals surface area contributed by atoms with Gasteiger partial charge in [-0.05, 0) is 35.1 Å². The summed E-state index contributed by atoms with van der Waals surface area (Å²) >= 11 is 0. The van der Waals surface area contributed by atoms with Crippen LogP contribution in [-0.4, -0.2) is 48.9 Å². The Hall–Kier alpha value is -3.81. The molecule has 0 heterocycles. The van der Waals surface area contributed by atoms with Crippen molar-refractivity contribution in [3.8, 4) is 11.1 Å². The Balaban J connectivity index is 1.59. The summed E-state index contributed by atoms with van der Waals surface area (Å²) in [5.74, 6) is -1.64. The molecule has 3 rings (SSSR count). The molecule has 3 N–H and O–H groups in total. The highest BCUT2D eigenvalue weighted by atomic mass is 16.5. The van der Waals surface area contributed by atoms with Crippen LogP contribution in [0.3, 0.4) is 0 Å². The zero-order valence-corrected chi connectivity index (χ0v) is 18.3. The van der Waals surface area contributed by atoms with Gasteiger partial charge in [0.05, 0.1) is 12.9 Å². The van der Waals surface area contributed by atoms with Crippen LogP contribution in [0.15, 0.2) is 61.4 Å². The van der Waals surface area contributed by atoms with Crippen molar-refractivity contribution in [2.75, 3.05) is 19.8 Å². The fraction of sp³-hybridized carbons (Fsp3) is 0.320. The highest BCUT2D eigenvalue weighted by Gasteiger charge is 2.29. The molecule has 33 heavy (non-hydrogen) atoms. The second-order valence-electron chi connectivity index (χ2n) is 7.64. The molecule has 0 saturated heterocycles. The minimum absolute atomic E-state index is 0.0471. The molecule has 2 aromatic carbocycles. The van der Waals surface area contributed by atoms with Crippen molar-refractivity contribution in [2.45, 2.75) is 31.2 Å². The molecular formula is C25H28N2O6. The lowest BCUT2D eigenvalue weighted by Crippen LogP contribution is -2.47. The average Bonchev–Trinajstić information content (AvgIpc) is 3.13. The number of alkyl carbamates (subject to hydrolysis) is 1. The van der Waals surface area contributed by atoms with Crippen molar-refractivity contribution in [1.82, 2.24) is 10.6 Å². The van der Waals surface area contributed by atoms with Crippen LogP contribution in [0.2, 0.25) is 0 Å². The first-order chi connectivity index (χ1) is 16.0. The van der Waals surface area contributed by atoms with Crippen LogP contribution in [-0.2, 0) is 19.1 Å². The maximum atomic E-state index is 12.5. The van der Waals surface area contributed by atoms with Gasteiger partial charge in [0.2, 0.25) is 5.91 Å². The number of amides is 2. The van der Waals surface area contributed by atoms with E-state index in [-0.39, 0.29) is 25.4 Å². The number of carbonyl (C=O) groups excluding carboxylic acids is 2. The first kappa shape index (κ1) is 23.8. The van der Waals surface area contributed by atoms with Gasteiger partial charge in [0.1, 0.15) is 12.6 Å². The van der Waals surface area contributed by atoms with Gasteiger partial charge in [0, 0.05) is 18.9 Å². The molecule has 0 saturated carbocycles. The summed E-state index contributed by atoms with van der Waals surface area (Å²) in [4.78, 5) is 36.0.